The number of benzene rings is 1. The van der Waals surface area contributed by atoms with Gasteiger partial charge in [-0.3, -0.25) is 0 Å². The molecule has 168 valence electrons. The van der Waals surface area contributed by atoms with Crippen molar-refractivity contribution in [3.63, 3.8) is 0 Å². The fraction of sp³-hybridized carbons (Fsp3) is 0.667. The van der Waals surface area contributed by atoms with E-state index in [0.29, 0.717) is 26.4 Å². The molecule has 0 bridgehead atoms. The summed E-state index contributed by atoms with van der Waals surface area (Å²) in [6, 6.07) is 9.96. The van der Waals surface area contributed by atoms with Crippen molar-refractivity contribution in [2.45, 2.75) is 76.5 Å². The minimum atomic E-state index is -0.548. The molecule has 0 N–H and O–H groups in total. The summed E-state index contributed by atoms with van der Waals surface area (Å²) < 4.78 is 37.1. The molecule has 0 aliphatic carbocycles. The van der Waals surface area contributed by atoms with Gasteiger partial charge in [0.2, 0.25) is 0 Å². The predicted molar refractivity (Wildman–Crippen MR) is 114 cm³/mol. The van der Waals surface area contributed by atoms with Crippen LogP contribution in [0.3, 0.4) is 0 Å². The van der Waals surface area contributed by atoms with Gasteiger partial charge in [0.1, 0.15) is 24.4 Å². The number of rotatable bonds is 12. The molecule has 1 aromatic carbocycles. The minimum absolute atomic E-state index is 0.280. The molecule has 0 aromatic heterocycles. The lowest BCUT2D eigenvalue weighted by molar-refractivity contribution is -0.369. The number of ether oxygens (including phenoxy) is 6. The fourth-order valence-corrected chi connectivity index (χ4v) is 3.72. The lowest BCUT2D eigenvalue weighted by atomic mass is 9.97. The molecular formula is C24H36O6. The van der Waals surface area contributed by atoms with Gasteiger partial charge in [0.15, 0.2) is 12.6 Å². The van der Waals surface area contributed by atoms with Crippen molar-refractivity contribution in [3.8, 4) is 0 Å². The Labute approximate surface area is 180 Å². The van der Waals surface area contributed by atoms with Crippen molar-refractivity contribution in [1.29, 1.82) is 0 Å². The van der Waals surface area contributed by atoms with Crippen LogP contribution in [0.5, 0.6) is 0 Å². The van der Waals surface area contributed by atoms with E-state index >= 15 is 0 Å². The molecule has 1 aromatic rings. The van der Waals surface area contributed by atoms with E-state index < -0.39 is 12.6 Å². The highest BCUT2D eigenvalue weighted by atomic mass is 16.8. The van der Waals surface area contributed by atoms with Crippen LogP contribution in [0.1, 0.15) is 51.4 Å². The zero-order chi connectivity index (χ0) is 21.2. The van der Waals surface area contributed by atoms with E-state index in [0.717, 1.165) is 31.2 Å². The van der Waals surface area contributed by atoms with E-state index in [-0.39, 0.29) is 24.4 Å². The first-order chi connectivity index (χ1) is 14.8. The molecule has 2 aliphatic rings. The normalized spacial score (nSPS) is 31.3. The van der Waals surface area contributed by atoms with Gasteiger partial charge in [0.05, 0.1) is 13.2 Å². The SMILES string of the molecule is C=CCO[C@@H]1OC2COC(c3ccccc3)O[C@H]2[C@H](OCCCC)C1OCCCC. The topological polar surface area (TPSA) is 55.4 Å². The van der Waals surface area contributed by atoms with Crippen LogP contribution in [-0.4, -0.2) is 57.1 Å². The van der Waals surface area contributed by atoms with Crippen LogP contribution < -0.4 is 0 Å². The highest BCUT2D eigenvalue weighted by molar-refractivity contribution is 5.16. The summed E-state index contributed by atoms with van der Waals surface area (Å²) in [4.78, 5) is 0. The van der Waals surface area contributed by atoms with E-state index in [9.17, 15) is 0 Å². The van der Waals surface area contributed by atoms with Crippen molar-refractivity contribution >= 4 is 0 Å². The third-order valence-corrected chi connectivity index (χ3v) is 5.35. The molecule has 6 atom stereocenters. The van der Waals surface area contributed by atoms with Crippen LogP contribution in [0.25, 0.3) is 0 Å². The maximum atomic E-state index is 6.38. The molecule has 0 spiro atoms. The van der Waals surface area contributed by atoms with Crippen molar-refractivity contribution in [1.82, 2.24) is 0 Å². The van der Waals surface area contributed by atoms with E-state index in [2.05, 4.69) is 20.4 Å². The maximum Gasteiger partial charge on any atom is 0.187 e. The van der Waals surface area contributed by atoms with Gasteiger partial charge in [-0.2, -0.15) is 0 Å². The quantitative estimate of drug-likeness (QED) is 0.369. The Bertz CT molecular complexity index is 609. The molecular weight excluding hydrogens is 384 g/mol. The average Bonchev–Trinajstić information content (AvgIpc) is 2.79. The minimum Gasteiger partial charge on any atom is -0.372 e. The van der Waals surface area contributed by atoms with Crippen molar-refractivity contribution in [2.24, 2.45) is 0 Å². The smallest absolute Gasteiger partial charge is 0.187 e. The Hall–Kier alpha value is -1.28. The Morgan fingerprint density at radius 3 is 2.33 bits per heavy atom. The third-order valence-electron chi connectivity index (χ3n) is 5.35. The van der Waals surface area contributed by atoms with E-state index in [4.69, 9.17) is 28.4 Å². The predicted octanol–water partition coefficient (Wildman–Crippen LogP) is 4.40. The second kappa shape index (κ2) is 12.5. The highest BCUT2D eigenvalue weighted by Crippen LogP contribution is 2.36. The van der Waals surface area contributed by atoms with Gasteiger partial charge in [-0.1, -0.05) is 63.1 Å². The first kappa shape index (κ1) is 23.4. The molecule has 3 unspecified atom stereocenters. The summed E-state index contributed by atoms with van der Waals surface area (Å²) in [5.74, 6) is 0. The van der Waals surface area contributed by atoms with Gasteiger partial charge in [0, 0.05) is 18.8 Å². The second-order valence-electron chi connectivity index (χ2n) is 7.72. The Morgan fingerprint density at radius 1 is 0.967 bits per heavy atom. The molecule has 2 fully saturated rings. The standard InChI is InChI=1S/C24H36O6/c1-4-7-15-25-21-20-19(17-28-23(30-20)18-12-10-9-11-13-18)29-24(27-14-6-3)22(21)26-16-8-5-2/h6,9-13,19-24H,3-5,7-8,14-17H2,1-2H3/t19?,20-,21+,22?,23?,24-/m1/s1. The molecule has 30 heavy (non-hydrogen) atoms. The van der Waals surface area contributed by atoms with Crippen molar-refractivity contribution < 1.29 is 28.4 Å². The lowest BCUT2D eigenvalue weighted by Crippen LogP contribution is -2.63. The molecule has 3 rings (SSSR count). The maximum absolute atomic E-state index is 6.38. The summed E-state index contributed by atoms with van der Waals surface area (Å²) in [6.45, 7) is 10.1. The summed E-state index contributed by atoms with van der Waals surface area (Å²) >= 11 is 0. The molecule has 6 heteroatoms. The first-order valence-electron chi connectivity index (χ1n) is 11.2. The van der Waals surface area contributed by atoms with Gasteiger partial charge < -0.3 is 28.4 Å². The van der Waals surface area contributed by atoms with Crippen LogP contribution in [0.4, 0.5) is 0 Å². The number of hydrogen-bond donors (Lipinski definition) is 0. The van der Waals surface area contributed by atoms with Gasteiger partial charge in [0.25, 0.3) is 0 Å². The van der Waals surface area contributed by atoms with E-state index in [1.165, 1.54) is 0 Å². The fourth-order valence-electron chi connectivity index (χ4n) is 3.72. The van der Waals surface area contributed by atoms with Crippen LogP contribution >= 0.6 is 0 Å². The Morgan fingerprint density at radius 2 is 1.67 bits per heavy atom. The molecule has 2 saturated heterocycles. The monoisotopic (exact) mass is 420 g/mol. The summed E-state index contributed by atoms with van der Waals surface area (Å²) in [7, 11) is 0. The molecule has 0 radical (unpaired) electrons. The Kier molecular flexibility index (Phi) is 9.78. The molecule has 2 aliphatic heterocycles. The molecule has 0 saturated carbocycles. The van der Waals surface area contributed by atoms with Crippen LogP contribution in [0, 0.1) is 0 Å². The Balaban J connectivity index is 1.78. The largest absolute Gasteiger partial charge is 0.372 e. The molecule has 0 amide bonds. The van der Waals surface area contributed by atoms with Gasteiger partial charge in [-0.05, 0) is 12.8 Å². The van der Waals surface area contributed by atoms with Crippen LogP contribution in [-0.2, 0) is 28.4 Å². The summed E-state index contributed by atoms with van der Waals surface area (Å²) in [6.07, 6.45) is 3.54. The van der Waals surface area contributed by atoms with E-state index in [1.807, 2.05) is 30.3 Å². The number of fused-ring (bicyclic) bond motifs is 1. The van der Waals surface area contributed by atoms with Crippen molar-refractivity contribution in [2.75, 3.05) is 26.4 Å². The average molecular weight is 421 g/mol. The third kappa shape index (κ3) is 6.13. The second-order valence-corrected chi connectivity index (χ2v) is 7.72. The number of hydrogen-bond acceptors (Lipinski definition) is 6. The zero-order valence-electron chi connectivity index (χ0n) is 18.2. The zero-order valence-corrected chi connectivity index (χ0v) is 18.2. The van der Waals surface area contributed by atoms with Gasteiger partial charge in [-0.25, -0.2) is 0 Å². The number of unbranched alkanes of at least 4 members (excludes halogenated alkanes) is 2. The van der Waals surface area contributed by atoms with Crippen LogP contribution in [0.15, 0.2) is 43.0 Å². The summed E-state index contributed by atoms with van der Waals surface area (Å²) in [5.41, 5.74) is 0.983. The lowest BCUT2D eigenvalue weighted by Gasteiger charge is -2.49. The molecule has 2 heterocycles. The van der Waals surface area contributed by atoms with Crippen molar-refractivity contribution in [3.05, 3.63) is 48.6 Å². The molecule has 6 nitrogen and oxygen atoms in total. The first-order valence-corrected chi connectivity index (χ1v) is 11.2. The van der Waals surface area contributed by atoms with Gasteiger partial charge in [-0.15, -0.1) is 6.58 Å². The highest BCUT2D eigenvalue weighted by Gasteiger charge is 2.51. The van der Waals surface area contributed by atoms with Crippen LogP contribution in [0.2, 0.25) is 0 Å². The van der Waals surface area contributed by atoms with E-state index in [1.54, 1.807) is 6.08 Å². The summed E-state index contributed by atoms with van der Waals surface area (Å²) in [5, 5.41) is 0. The van der Waals surface area contributed by atoms with Gasteiger partial charge >= 0.3 is 0 Å².